The highest BCUT2D eigenvalue weighted by Crippen LogP contribution is 2.34. The zero-order valence-electron chi connectivity index (χ0n) is 16.9. The number of hydrogen-bond donors (Lipinski definition) is 0. The molecule has 6 nitrogen and oxygen atoms in total. The highest BCUT2D eigenvalue weighted by atomic mass is 35.5. The van der Waals surface area contributed by atoms with E-state index in [9.17, 15) is 9.18 Å². The smallest absolute Gasteiger partial charge is 0.410 e. The summed E-state index contributed by atoms with van der Waals surface area (Å²) >= 11 is 5.95. The number of pyridine rings is 2. The van der Waals surface area contributed by atoms with Crippen LogP contribution in [0.25, 0.3) is 11.0 Å². The van der Waals surface area contributed by atoms with Gasteiger partial charge in [0.2, 0.25) is 0 Å². The highest BCUT2D eigenvalue weighted by Gasteiger charge is 2.43. The Bertz CT molecular complexity index is 913. The number of halogens is 2. The molecule has 1 atom stereocenters. The average Bonchev–Trinajstić information content (AvgIpc) is 3.08. The Balaban J connectivity index is 1.51. The Kier molecular flexibility index (Phi) is 5.27. The molecule has 2 aromatic rings. The van der Waals surface area contributed by atoms with Crippen LogP contribution in [0.5, 0.6) is 0 Å². The van der Waals surface area contributed by atoms with Gasteiger partial charge in [0.1, 0.15) is 22.7 Å². The highest BCUT2D eigenvalue weighted by molar-refractivity contribution is 6.29. The third kappa shape index (κ3) is 4.39. The number of ether oxygens (including phenoxy) is 1. The third-order valence-corrected chi connectivity index (χ3v) is 5.64. The SMILES string of the molecule is CC(C)(C)OC(=O)N(C1CCN(c2ccc3nc(Cl)ccc3n2)C1)[C@H]1C[C@H](F)C1. The normalized spacial score (nSPS) is 24.4. The van der Waals surface area contributed by atoms with Crippen LogP contribution in [0, 0.1) is 0 Å². The molecule has 0 N–H and O–H groups in total. The van der Waals surface area contributed by atoms with Gasteiger partial charge in [0.05, 0.1) is 17.1 Å². The van der Waals surface area contributed by atoms with Gasteiger partial charge in [-0.1, -0.05) is 11.6 Å². The van der Waals surface area contributed by atoms with Gasteiger partial charge in [0.25, 0.3) is 0 Å². The molecule has 2 aliphatic rings. The minimum Gasteiger partial charge on any atom is -0.444 e. The van der Waals surface area contributed by atoms with Gasteiger partial charge >= 0.3 is 6.09 Å². The van der Waals surface area contributed by atoms with Crippen LogP contribution in [0.15, 0.2) is 24.3 Å². The second kappa shape index (κ2) is 7.59. The fourth-order valence-electron chi connectivity index (χ4n) is 3.99. The number of carbonyl (C=O) groups excluding carboxylic acids is 1. The number of rotatable bonds is 3. The molecule has 1 aliphatic carbocycles. The van der Waals surface area contributed by atoms with E-state index in [0.29, 0.717) is 24.5 Å². The van der Waals surface area contributed by atoms with Crippen LogP contribution in [0.3, 0.4) is 0 Å². The average molecular weight is 421 g/mol. The molecular formula is C21H26ClFN4O2. The topological polar surface area (TPSA) is 58.6 Å². The minimum atomic E-state index is -0.830. The molecule has 1 aliphatic heterocycles. The molecule has 4 rings (SSSR count). The Morgan fingerprint density at radius 2 is 1.86 bits per heavy atom. The van der Waals surface area contributed by atoms with Crippen molar-refractivity contribution < 1.29 is 13.9 Å². The Morgan fingerprint density at radius 1 is 1.17 bits per heavy atom. The first-order valence-electron chi connectivity index (χ1n) is 10.0. The van der Waals surface area contributed by atoms with Crippen LogP contribution in [-0.2, 0) is 4.74 Å². The van der Waals surface area contributed by atoms with E-state index in [1.165, 1.54) is 0 Å². The van der Waals surface area contributed by atoms with E-state index >= 15 is 0 Å². The molecule has 1 saturated heterocycles. The molecule has 0 radical (unpaired) electrons. The van der Waals surface area contributed by atoms with Crippen LogP contribution in [0.2, 0.25) is 5.15 Å². The second-order valence-corrected chi connectivity index (χ2v) is 9.23. The molecule has 3 heterocycles. The number of hydrogen-bond acceptors (Lipinski definition) is 5. The van der Waals surface area contributed by atoms with E-state index in [2.05, 4.69) is 9.88 Å². The van der Waals surface area contributed by atoms with Crippen molar-refractivity contribution in [3.8, 4) is 0 Å². The van der Waals surface area contributed by atoms with Crippen LogP contribution >= 0.6 is 11.6 Å². The number of nitrogens with zero attached hydrogens (tertiary/aromatic N) is 4. The molecule has 8 heteroatoms. The molecule has 0 spiro atoms. The summed E-state index contributed by atoms with van der Waals surface area (Å²) in [6.45, 7) is 6.97. The Morgan fingerprint density at radius 3 is 2.55 bits per heavy atom. The maximum absolute atomic E-state index is 13.5. The fourth-order valence-corrected chi connectivity index (χ4v) is 4.14. The van der Waals surface area contributed by atoms with Crippen molar-refractivity contribution in [3.05, 3.63) is 29.4 Å². The van der Waals surface area contributed by atoms with Gasteiger partial charge in [-0.15, -0.1) is 0 Å². The van der Waals surface area contributed by atoms with E-state index < -0.39 is 11.8 Å². The van der Waals surface area contributed by atoms with E-state index in [1.54, 1.807) is 11.0 Å². The summed E-state index contributed by atoms with van der Waals surface area (Å²) in [5.41, 5.74) is 0.940. The van der Waals surface area contributed by atoms with E-state index in [-0.39, 0.29) is 18.2 Å². The zero-order chi connectivity index (χ0) is 20.8. The summed E-state index contributed by atoms with van der Waals surface area (Å²) in [7, 11) is 0. The standard InChI is InChI=1S/C21H26ClFN4O2/c1-21(2,3)29-20(28)27(15-10-13(23)11-15)14-8-9-26(12-14)19-7-5-16-17(25-19)4-6-18(22)24-16/h4-7,13-15H,8-12H2,1-3H3/t13-,14?,15-. The molecule has 0 aromatic carbocycles. The molecule has 29 heavy (non-hydrogen) atoms. The van der Waals surface area contributed by atoms with Crippen LogP contribution < -0.4 is 4.90 Å². The minimum absolute atomic E-state index is 0.0248. The number of amides is 1. The number of fused-ring (bicyclic) bond motifs is 1. The number of alkyl halides is 1. The van der Waals surface area contributed by atoms with E-state index in [1.807, 2.05) is 39.0 Å². The van der Waals surface area contributed by atoms with Gasteiger partial charge in [0.15, 0.2) is 0 Å². The summed E-state index contributed by atoms with van der Waals surface area (Å²) in [4.78, 5) is 25.8. The molecule has 1 unspecified atom stereocenters. The van der Waals surface area contributed by atoms with Crippen molar-refractivity contribution in [2.45, 2.75) is 63.9 Å². The first-order valence-corrected chi connectivity index (χ1v) is 10.4. The second-order valence-electron chi connectivity index (χ2n) is 8.84. The van der Waals surface area contributed by atoms with Crippen molar-refractivity contribution in [1.82, 2.24) is 14.9 Å². The van der Waals surface area contributed by atoms with Gasteiger partial charge in [-0.2, -0.15) is 0 Å². The quantitative estimate of drug-likeness (QED) is 0.679. The molecule has 1 saturated carbocycles. The molecule has 0 bridgehead atoms. The summed E-state index contributed by atoms with van der Waals surface area (Å²) in [6, 6.07) is 7.28. The first kappa shape index (κ1) is 20.1. The zero-order valence-corrected chi connectivity index (χ0v) is 17.7. The van der Waals surface area contributed by atoms with Gasteiger partial charge in [-0.25, -0.2) is 19.2 Å². The lowest BCUT2D eigenvalue weighted by Gasteiger charge is -2.43. The largest absolute Gasteiger partial charge is 0.444 e. The van der Waals surface area contributed by atoms with Gasteiger partial charge in [0, 0.05) is 19.1 Å². The maximum Gasteiger partial charge on any atom is 0.410 e. The predicted octanol–water partition coefficient (Wildman–Crippen LogP) is 4.60. The maximum atomic E-state index is 13.5. The van der Waals surface area contributed by atoms with Gasteiger partial charge in [-0.3, -0.25) is 0 Å². The monoisotopic (exact) mass is 420 g/mol. The Labute approximate surface area is 175 Å². The van der Waals surface area contributed by atoms with Crippen molar-refractivity contribution in [2.75, 3.05) is 18.0 Å². The van der Waals surface area contributed by atoms with Crippen LogP contribution in [-0.4, -0.2) is 57.9 Å². The van der Waals surface area contributed by atoms with Crippen molar-refractivity contribution in [2.24, 2.45) is 0 Å². The summed E-state index contributed by atoms with van der Waals surface area (Å²) in [6.07, 6.45) is 0.383. The molecule has 2 fully saturated rings. The number of anilines is 1. The van der Waals surface area contributed by atoms with Gasteiger partial charge in [-0.05, 0) is 64.3 Å². The van der Waals surface area contributed by atoms with Crippen molar-refractivity contribution >= 4 is 34.5 Å². The lowest BCUT2D eigenvalue weighted by atomic mass is 9.88. The van der Waals surface area contributed by atoms with Crippen LogP contribution in [0.4, 0.5) is 15.0 Å². The lowest BCUT2D eigenvalue weighted by molar-refractivity contribution is -0.0177. The van der Waals surface area contributed by atoms with Crippen molar-refractivity contribution in [3.63, 3.8) is 0 Å². The van der Waals surface area contributed by atoms with E-state index in [0.717, 1.165) is 29.8 Å². The van der Waals surface area contributed by atoms with E-state index in [4.69, 9.17) is 21.3 Å². The Hall–Kier alpha value is -2.15. The number of aromatic nitrogens is 2. The van der Waals surface area contributed by atoms with Crippen molar-refractivity contribution in [1.29, 1.82) is 0 Å². The summed E-state index contributed by atoms with van der Waals surface area (Å²) in [5.74, 6) is 0.838. The third-order valence-electron chi connectivity index (χ3n) is 5.43. The summed E-state index contributed by atoms with van der Waals surface area (Å²) in [5, 5.41) is 0.438. The fraction of sp³-hybridized carbons (Fsp3) is 0.571. The predicted molar refractivity (Wildman–Crippen MR) is 111 cm³/mol. The molecule has 1 amide bonds. The molecular weight excluding hydrogens is 395 g/mol. The summed E-state index contributed by atoms with van der Waals surface area (Å²) < 4.78 is 19.1. The van der Waals surface area contributed by atoms with Crippen LogP contribution in [0.1, 0.15) is 40.0 Å². The van der Waals surface area contributed by atoms with Gasteiger partial charge < -0.3 is 14.5 Å². The molecule has 2 aromatic heterocycles. The first-order chi connectivity index (χ1) is 13.7. The lowest BCUT2D eigenvalue weighted by Crippen LogP contribution is -2.55. The molecule has 156 valence electrons. The number of carbonyl (C=O) groups is 1.